The van der Waals surface area contributed by atoms with Crippen molar-refractivity contribution in [2.45, 2.75) is 13.8 Å². The topological polar surface area (TPSA) is 61.8 Å². The van der Waals surface area contributed by atoms with Gasteiger partial charge in [0.15, 0.2) is 0 Å². The molecule has 0 amide bonds. The first-order chi connectivity index (χ1) is 15.8. The van der Waals surface area contributed by atoms with E-state index in [-0.39, 0.29) is 0 Å². The second-order valence-corrected chi connectivity index (χ2v) is 8.70. The fourth-order valence-electron chi connectivity index (χ4n) is 3.38. The number of methoxy groups -OCH3 is 1. The molecular weight excluding hydrogens is 436 g/mol. The molecule has 4 aromatic rings. The molecule has 1 aromatic heterocycles. The molecule has 0 aliphatic carbocycles. The van der Waals surface area contributed by atoms with E-state index in [0.717, 1.165) is 37.0 Å². The average Bonchev–Trinajstić information content (AvgIpc) is 3.16. The summed E-state index contributed by atoms with van der Waals surface area (Å²) in [5.41, 5.74) is 2.53. The predicted molar refractivity (Wildman–Crippen MR) is 132 cm³/mol. The number of carbonyl (C=O) groups excluding carboxylic acids is 2. The maximum absolute atomic E-state index is 11.9. The molecule has 33 heavy (non-hydrogen) atoms. The van der Waals surface area contributed by atoms with Crippen LogP contribution in [-0.4, -0.2) is 19.0 Å². The van der Waals surface area contributed by atoms with Crippen molar-refractivity contribution >= 4 is 43.4 Å². The average molecular weight is 459 g/mol. The van der Waals surface area contributed by atoms with Gasteiger partial charge in [0.1, 0.15) is 17.2 Å². The minimum atomic E-state index is -0.458. The van der Waals surface area contributed by atoms with Crippen LogP contribution >= 0.6 is 11.3 Å². The van der Waals surface area contributed by atoms with Crippen molar-refractivity contribution in [2.24, 2.45) is 0 Å². The molecular formula is C27H22O5S. The first-order valence-electron chi connectivity index (χ1n) is 10.2. The minimum Gasteiger partial charge on any atom is -0.495 e. The van der Waals surface area contributed by atoms with Crippen LogP contribution in [0.1, 0.15) is 13.8 Å². The normalized spacial score (nSPS) is 10.8. The molecule has 6 heteroatoms. The van der Waals surface area contributed by atoms with Crippen LogP contribution in [0.5, 0.6) is 17.2 Å². The Bertz CT molecular complexity index is 1430. The summed E-state index contributed by atoms with van der Waals surface area (Å²) in [7, 11) is 1.64. The molecule has 0 aliphatic rings. The highest BCUT2D eigenvalue weighted by molar-refractivity contribution is 7.26. The number of carbonyl (C=O) groups is 2. The first kappa shape index (κ1) is 22.3. The summed E-state index contributed by atoms with van der Waals surface area (Å²) in [6, 6.07) is 16.9. The lowest BCUT2D eigenvalue weighted by atomic mass is 10.0. The zero-order valence-electron chi connectivity index (χ0n) is 18.6. The summed E-state index contributed by atoms with van der Waals surface area (Å²) in [6.45, 7) is 10.4. The van der Waals surface area contributed by atoms with Gasteiger partial charge in [0, 0.05) is 32.2 Å². The van der Waals surface area contributed by atoms with Gasteiger partial charge >= 0.3 is 11.9 Å². The maximum atomic E-state index is 11.9. The second kappa shape index (κ2) is 8.92. The molecule has 0 aliphatic heterocycles. The zero-order chi connectivity index (χ0) is 23.7. The third-order valence-corrected chi connectivity index (χ3v) is 6.22. The van der Waals surface area contributed by atoms with E-state index in [2.05, 4.69) is 19.2 Å². The van der Waals surface area contributed by atoms with Crippen LogP contribution in [-0.2, 0) is 9.59 Å². The smallest absolute Gasteiger partial charge is 0.338 e. The van der Waals surface area contributed by atoms with Crippen molar-refractivity contribution in [1.82, 2.24) is 0 Å². The van der Waals surface area contributed by atoms with Crippen LogP contribution in [0.25, 0.3) is 31.3 Å². The molecule has 0 N–H and O–H groups in total. The van der Waals surface area contributed by atoms with Crippen LogP contribution < -0.4 is 14.2 Å². The highest BCUT2D eigenvalue weighted by atomic mass is 32.1. The van der Waals surface area contributed by atoms with E-state index in [1.165, 1.54) is 0 Å². The Balaban J connectivity index is 1.73. The van der Waals surface area contributed by atoms with Gasteiger partial charge in [-0.25, -0.2) is 9.59 Å². The number of hydrogen-bond acceptors (Lipinski definition) is 6. The van der Waals surface area contributed by atoms with Gasteiger partial charge in [-0.05, 0) is 55.8 Å². The molecule has 0 radical (unpaired) electrons. The van der Waals surface area contributed by atoms with Crippen LogP contribution in [0.2, 0.25) is 0 Å². The highest BCUT2D eigenvalue weighted by Gasteiger charge is 2.16. The van der Waals surface area contributed by atoms with E-state index in [1.807, 2.05) is 30.3 Å². The lowest BCUT2D eigenvalue weighted by Crippen LogP contribution is -2.07. The van der Waals surface area contributed by atoms with E-state index in [0.29, 0.717) is 22.6 Å². The Morgan fingerprint density at radius 3 is 1.97 bits per heavy atom. The Morgan fingerprint density at radius 1 is 0.788 bits per heavy atom. The van der Waals surface area contributed by atoms with Gasteiger partial charge in [-0.1, -0.05) is 31.4 Å². The summed E-state index contributed by atoms with van der Waals surface area (Å²) in [5.74, 6) is 0.764. The molecule has 1 heterocycles. The van der Waals surface area contributed by atoms with Gasteiger partial charge in [-0.3, -0.25) is 0 Å². The predicted octanol–water partition coefficient (Wildman–Crippen LogP) is 6.69. The molecule has 0 fully saturated rings. The van der Waals surface area contributed by atoms with Gasteiger partial charge in [-0.2, -0.15) is 0 Å². The lowest BCUT2D eigenvalue weighted by Gasteiger charge is -2.11. The number of esters is 2. The summed E-state index contributed by atoms with van der Waals surface area (Å²) >= 11 is 1.57. The molecule has 0 spiro atoms. The third-order valence-electron chi connectivity index (χ3n) is 5.05. The molecule has 166 valence electrons. The van der Waals surface area contributed by atoms with E-state index in [4.69, 9.17) is 14.2 Å². The Kier molecular flexibility index (Phi) is 6.03. The molecule has 0 atom stereocenters. The van der Waals surface area contributed by atoms with Crippen molar-refractivity contribution in [3.63, 3.8) is 0 Å². The van der Waals surface area contributed by atoms with Crippen molar-refractivity contribution < 1.29 is 23.8 Å². The number of hydrogen-bond donors (Lipinski definition) is 0. The zero-order valence-corrected chi connectivity index (χ0v) is 19.4. The van der Waals surface area contributed by atoms with Crippen LogP contribution in [0.4, 0.5) is 0 Å². The maximum Gasteiger partial charge on any atom is 0.338 e. The molecule has 3 aromatic carbocycles. The van der Waals surface area contributed by atoms with Gasteiger partial charge in [-0.15, -0.1) is 11.3 Å². The van der Waals surface area contributed by atoms with Crippen molar-refractivity contribution in [3.05, 3.63) is 78.9 Å². The van der Waals surface area contributed by atoms with Gasteiger partial charge in [0.05, 0.1) is 11.8 Å². The van der Waals surface area contributed by atoms with Crippen molar-refractivity contribution in [1.29, 1.82) is 0 Å². The standard InChI is InChI=1S/C27H22O5S/c1-15(2)26(28)31-18-8-6-17(7-9-18)20-12-13-22-21-11-10-19(32-27(29)16(3)4)14-23(21)33-25(22)24(20)30-5/h6-14H,1,3H2,2,4-5H3. The number of benzene rings is 3. The van der Waals surface area contributed by atoms with E-state index in [9.17, 15) is 9.59 Å². The largest absolute Gasteiger partial charge is 0.495 e. The quantitative estimate of drug-likeness (QED) is 0.183. The molecule has 4 rings (SSSR count). The number of rotatable bonds is 6. The minimum absolute atomic E-state index is 0.341. The highest BCUT2D eigenvalue weighted by Crippen LogP contribution is 2.45. The number of thiophene rings is 1. The summed E-state index contributed by atoms with van der Waals surface area (Å²) in [4.78, 5) is 23.6. The van der Waals surface area contributed by atoms with Crippen LogP contribution in [0.15, 0.2) is 78.9 Å². The Hall–Kier alpha value is -3.90. The van der Waals surface area contributed by atoms with Crippen LogP contribution in [0.3, 0.4) is 0 Å². The van der Waals surface area contributed by atoms with E-state index in [1.54, 1.807) is 50.5 Å². The molecule has 0 saturated heterocycles. The van der Waals surface area contributed by atoms with E-state index < -0.39 is 11.9 Å². The molecule has 0 unspecified atom stereocenters. The summed E-state index contributed by atoms with van der Waals surface area (Å²) in [5, 5.41) is 2.11. The van der Waals surface area contributed by atoms with Gasteiger partial charge in [0.25, 0.3) is 0 Å². The monoisotopic (exact) mass is 458 g/mol. The first-order valence-corrected chi connectivity index (χ1v) is 11.0. The third kappa shape index (κ3) is 4.38. The van der Waals surface area contributed by atoms with Gasteiger partial charge < -0.3 is 14.2 Å². The van der Waals surface area contributed by atoms with Gasteiger partial charge in [0.2, 0.25) is 0 Å². The molecule has 0 bridgehead atoms. The van der Waals surface area contributed by atoms with E-state index >= 15 is 0 Å². The lowest BCUT2D eigenvalue weighted by molar-refractivity contribution is -0.130. The Labute approximate surface area is 195 Å². The van der Waals surface area contributed by atoms with Crippen LogP contribution in [0, 0.1) is 0 Å². The Morgan fingerprint density at radius 2 is 1.36 bits per heavy atom. The summed E-state index contributed by atoms with van der Waals surface area (Å²) in [6.07, 6.45) is 0. The van der Waals surface area contributed by atoms with Crippen molar-refractivity contribution in [2.75, 3.05) is 7.11 Å². The fraction of sp³-hybridized carbons (Fsp3) is 0.111. The fourth-order valence-corrected chi connectivity index (χ4v) is 4.64. The molecule has 5 nitrogen and oxygen atoms in total. The second-order valence-electron chi connectivity index (χ2n) is 7.65. The van der Waals surface area contributed by atoms with Crippen molar-refractivity contribution in [3.8, 4) is 28.4 Å². The summed E-state index contributed by atoms with van der Waals surface area (Å²) < 4.78 is 18.4. The SMILES string of the molecule is C=C(C)C(=O)Oc1ccc(-c2ccc3c(sc4cc(OC(=O)C(=C)C)ccc43)c2OC)cc1. The number of fused-ring (bicyclic) bond motifs is 3. The molecule has 0 saturated carbocycles. The number of ether oxygens (including phenoxy) is 3.